The lowest BCUT2D eigenvalue weighted by molar-refractivity contribution is 0.593. The minimum absolute atomic E-state index is 0.256. The molecule has 3 nitrogen and oxygen atoms in total. The molecule has 1 aliphatic rings. The molecule has 2 N–H and O–H groups in total. The molecular formula is C15H19N3. The molecule has 3 rings (SSSR count). The first-order valence-corrected chi connectivity index (χ1v) is 6.52. The third-order valence-electron chi connectivity index (χ3n) is 3.80. The van der Waals surface area contributed by atoms with Crippen molar-refractivity contribution in [2.75, 3.05) is 13.6 Å². The van der Waals surface area contributed by atoms with E-state index < -0.39 is 0 Å². The minimum atomic E-state index is 0.256. The Morgan fingerprint density at radius 3 is 2.61 bits per heavy atom. The normalized spacial score (nSPS) is 16.8. The minimum Gasteiger partial charge on any atom is -0.345 e. The van der Waals surface area contributed by atoms with Gasteiger partial charge in [0.25, 0.3) is 0 Å². The van der Waals surface area contributed by atoms with Crippen LogP contribution in [0.15, 0.2) is 30.3 Å². The van der Waals surface area contributed by atoms with Crippen LogP contribution >= 0.6 is 0 Å². The van der Waals surface area contributed by atoms with Crippen LogP contribution in [0.1, 0.15) is 24.4 Å². The van der Waals surface area contributed by atoms with Crippen molar-refractivity contribution in [1.82, 2.24) is 15.3 Å². The van der Waals surface area contributed by atoms with Crippen LogP contribution in [-0.2, 0) is 5.41 Å². The fourth-order valence-electron chi connectivity index (χ4n) is 2.58. The summed E-state index contributed by atoms with van der Waals surface area (Å²) in [5.74, 6) is 1.15. The van der Waals surface area contributed by atoms with E-state index in [-0.39, 0.29) is 5.41 Å². The predicted octanol–water partition coefficient (Wildman–Crippen LogP) is 2.64. The van der Waals surface area contributed by atoms with Crippen LogP contribution in [0.2, 0.25) is 0 Å². The Morgan fingerprint density at radius 2 is 2.00 bits per heavy atom. The van der Waals surface area contributed by atoms with Gasteiger partial charge in [-0.15, -0.1) is 0 Å². The number of hydrogen-bond acceptors (Lipinski definition) is 2. The van der Waals surface area contributed by atoms with Gasteiger partial charge in [-0.25, -0.2) is 4.98 Å². The summed E-state index contributed by atoms with van der Waals surface area (Å²) in [5.41, 5.74) is 3.70. The Kier molecular flexibility index (Phi) is 2.71. The summed E-state index contributed by atoms with van der Waals surface area (Å²) in [6.07, 6.45) is 2.46. The van der Waals surface area contributed by atoms with E-state index in [0.717, 1.165) is 18.1 Å². The summed E-state index contributed by atoms with van der Waals surface area (Å²) in [4.78, 5) is 8.32. The number of aryl methyl sites for hydroxylation is 1. The van der Waals surface area contributed by atoms with Gasteiger partial charge in [0, 0.05) is 23.2 Å². The van der Waals surface area contributed by atoms with E-state index in [9.17, 15) is 0 Å². The van der Waals surface area contributed by atoms with Crippen LogP contribution < -0.4 is 5.32 Å². The van der Waals surface area contributed by atoms with Gasteiger partial charge in [0.15, 0.2) is 0 Å². The maximum absolute atomic E-state index is 4.84. The summed E-state index contributed by atoms with van der Waals surface area (Å²) in [6.45, 7) is 3.11. The molecule has 3 heteroatoms. The molecule has 0 aliphatic heterocycles. The average molecular weight is 241 g/mol. The van der Waals surface area contributed by atoms with E-state index in [1.807, 2.05) is 13.1 Å². The second kappa shape index (κ2) is 4.25. The van der Waals surface area contributed by atoms with Gasteiger partial charge >= 0.3 is 0 Å². The summed E-state index contributed by atoms with van der Waals surface area (Å²) < 4.78 is 0. The maximum atomic E-state index is 4.84. The molecule has 0 radical (unpaired) electrons. The number of imidazole rings is 1. The molecule has 1 aliphatic carbocycles. The van der Waals surface area contributed by atoms with Crippen molar-refractivity contribution in [2.45, 2.75) is 25.2 Å². The molecule has 2 aromatic rings. The highest BCUT2D eigenvalue weighted by Crippen LogP contribution is 2.46. The quantitative estimate of drug-likeness (QED) is 0.864. The Morgan fingerprint density at radius 1 is 1.28 bits per heavy atom. The lowest BCUT2D eigenvalue weighted by atomic mass is 10.1. The van der Waals surface area contributed by atoms with E-state index in [0.29, 0.717) is 0 Å². The number of aromatic nitrogens is 2. The number of likely N-dealkylation sites (N-methyl/N-ethyl adjacent to an activating group) is 1. The molecule has 1 aromatic carbocycles. The highest BCUT2D eigenvalue weighted by molar-refractivity contribution is 5.62. The molecule has 1 fully saturated rings. The van der Waals surface area contributed by atoms with Crippen molar-refractivity contribution in [3.8, 4) is 11.3 Å². The second-order valence-electron chi connectivity index (χ2n) is 5.24. The smallest absolute Gasteiger partial charge is 0.114 e. The number of H-pyrrole nitrogens is 1. The highest BCUT2D eigenvalue weighted by Gasteiger charge is 2.46. The first-order valence-electron chi connectivity index (χ1n) is 6.52. The summed E-state index contributed by atoms with van der Waals surface area (Å²) in [5, 5.41) is 3.28. The van der Waals surface area contributed by atoms with E-state index >= 15 is 0 Å². The number of aromatic amines is 1. The first-order chi connectivity index (χ1) is 8.75. The van der Waals surface area contributed by atoms with Crippen LogP contribution in [0.5, 0.6) is 0 Å². The van der Waals surface area contributed by atoms with Crippen molar-refractivity contribution < 1.29 is 0 Å². The molecule has 1 aromatic heterocycles. The van der Waals surface area contributed by atoms with Crippen LogP contribution in [0, 0.1) is 6.92 Å². The van der Waals surface area contributed by atoms with Gasteiger partial charge in [-0.3, -0.25) is 0 Å². The lowest BCUT2D eigenvalue weighted by Gasteiger charge is -2.10. The van der Waals surface area contributed by atoms with Crippen molar-refractivity contribution in [1.29, 1.82) is 0 Å². The molecule has 0 bridgehead atoms. The first kappa shape index (κ1) is 11.5. The zero-order chi connectivity index (χ0) is 12.6. The van der Waals surface area contributed by atoms with E-state index in [2.05, 4.69) is 41.5 Å². The van der Waals surface area contributed by atoms with E-state index in [4.69, 9.17) is 4.98 Å². The van der Waals surface area contributed by atoms with Gasteiger partial charge in [-0.2, -0.15) is 0 Å². The molecule has 1 saturated carbocycles. The Hall–Kier alpha value is -1.61. The maximum Gasteiger partial charge on any atom is 0.114 e. The fraction of sp³-hybridized carbons (Fsp3) is 0.400. The third-order valence-corrected chi connectivity index (χ3v) is 3.80. The molecule has 0 amide bonds. The van der Waals surface area contributed by atoms with Gasteiger partial charge in [-0.05, 0) is 26.8 Å². The molecule has 0 saturated heterocycles. The number of hydrogen-bond donors (Lipinski definition) is 2. The Balaban J connectivity index is 1.97. The van der Waals surface area contributed by atoms with Crippen LogP contribution in [-0.4, -0.2) is 23.6 Å². The van der Waals surface area contributed by atoms with Gasteiger partial charge in [-0.1, -0.05) is 30.3 Å². The lowest BCUT2D eigenvalue weighted by Crippen LogP contribution is -2.24. The molecule has 0 atom stereocenters. The molecule has 18 heavy (non-hydrogen) atoms. The topological polar surface area (TPSA) is 40.7 Å². The number of rotatable bonds is 4. The van der Waals surface area contributed by atoms with Crippen molar-refractivity contribution in [3.05, 3.63) is 41.9 Å². The summed E-state index contributed by atoms with van der Waals surface area (Å²) in [6, 6.07) is 10.4. The number of nitrogens with zero attached hydrogens (tertiary/aromatic N) is 1. The molecule has 0 unspecified atom stereocenters. The van der Waals surface area contributed by atoms with Crippen molar-refractivity contribution in [2.24, 2.45) is 0 Å². The molecule has 0 spiro atoms. The monoisotopic (exact) mass is 241 g/mol. The SMILES string of the molecule is CNCC1(c2nc(-c3ccccc3)c(C)[nH]2)CC1. The van der Waals surface area contributed by atoms with E-state index in [1.54, 1.807) is 0 Å². The van der Waals surface area contributed by atoms with Gasteiger partial charge in [0.05, 0.1) is 5.69 Å². The standard InChI is InChI=1S/C15H19N3/c1-11-13(12-6-4-3-5-7-12)18-14(17-11)15(8-9-15)10-16-2/h3-7,16H,8-10H2,1-2H3,(H,17,18). The van der Waals surface area contributed by atoms with Crippen molar-refractivity contribution >= 4 is 0 Å². The average Bonchev–Trinajstić information content (AvgIpc) is 3.06. The fourth-order valence-corrected chi connectivity index (χ4v) is 2.58. The number of nitrogens with one attached hydrogen (secondary N) is 2. The van der Waals surface area contributed by atoms with Gasteiger partial charge in [0.2, 0.25) is 0 Å². The van der Waals surface area contributed by atoms with Crippen LogP contribution in [0.25, 0.3) is 11.3 Å². The second-order valence-corrected chi connectivity index (χ2v) is 5.24. The summed E-state index contributed by atoms with van der Waals surface area (Å²) >= 11 is 0. The molecular weight excluding hydrogens is 222 g/mol. The van der Waals surface area contributed by atoms with Gasteiger partial charge in [0.1, 0.15) is 5.82 Å². The van der Waals surface area contributed by atoms with Gasteiger partial charge < -0.3 is 10.3 Å². The Bertz CT molecular complexity index is 538. The zero-order valence-electron chi connectivity index (χ0n) is 11.0. The highest BCUT2D eigenvalue weighted by atomic mass is 15.0. The Labute approximate surface area is 108 Å². The zero-order valence-corrected chi connectivity index (χ0v) is 11.0. The summed E-state index contributed by atoms with van der Waals surface area (Å²) in [7, 11) is 2.01. The molecule has 1 heterocycles. The van der Waals surface area contributed by atoms with Crippen LogP contribution in [0.4, 0.5) is 0 Å². The predicted molar refractivity (Wildman–Crippen MR) is 73.6 cm³/mol. The largest absolute Gasteiger partial charge is 0.345 e. The molecule has 94 valence electrons. The van der Waals surface area contributed by atoms with Crippen LogP contribution in [0.3, 0.4) is 0 Å². The van der Waals surface area contributed by atoms with E-state index in [1.165, 1.54) is 24.1 Å². The third kappa shape index (κ3) is 1.85. The number of benzene rings is 1. The van der Waals surface area contributed by atoms with Crippen molar-refractivity contribution in [3.63, 3.8) is 0 Å².